The number of thiazole rings is 1. The Morgan fingerprint density at radius 2 is 2.03 bits per heavy atom. The molecule has 0 spiro atoms. The Hall–Kier alpha value is -4.83. The van der Waals surface area contributed by atoms with Crippen LogP contribution >= 0.6 is 23.1 Å². The summed E-state index contributed by atoms with van der Waals surface area (Å²) in [6.07, 6.45) is 2.98. The maximum absolute atomic E-state index is 12.9. The molecule has 200 valence electrons. The molecular weight excluding hydrogens is 552 g/mol. The first-order valence-corrected chi connectivity index (χ1v) is 12.9. The minimum absolute atomic E-state index is 0.0359. The smallest absolute Gasteiger partial charge is 0.352 e. The fourth-order valence-electron chi connectivity index (χ4n) is 3.96. The second-order valence-electron chi connectivity index (χ2n) is 8.21. The number of aromatic hydroxyl groups is 2. The van der Waals surface area contributed by atoms with E-state index >= 15 is 0 Å². The van der Waals surface area contributed by atoms with E-state index < -0.39 is 34.9 Å². The van der Waals surface area contributed by atoms with Gasteiger partial charge in [-0.3, -0.25) is 14.5 Å². The van der Waals surface area contributed by atoms with E-state index in [2.05, 4.69) is 20.6 Å². The fraction of sp³-hybridized carbons (Fsp3) is 0.130. The highest BCUT2D eigenvalue weighted by molar-refractivity contribution is 8.00. The fourth-order valence-corrected chi connectivity index (χ4v) is 5.83. The first-order valence-electron chi connectivity index (χ1n) is 11.0. The molecule has 0 aliphatic carbocycles. The molecule has 39 heavy (non-hydrogen) atoms. The third-order valence-electron chi connectivity index (χ3n) is 5.81. The maximum atomic E-state index is 12.9. The van der Waals surface area contributed by atoms with Crippen LogP contribution in [0.3, 0.4) is 0 Å². The number of rotatable bonds is 7. The van der Waals surface area contributed by atoms with E-state index in [9.17, 15) is 34.9 Å². The van der Waals surface area contributed by atoms with Gasteiger partial charge in [-0.25, -0.2) is 9.78 Å². The molecule has 0 radical (unpaired) electrons. The SMILES string of the molecule is Nc1nc(/C(=N/O)C(=O)N[C@@H]2C(=O)N3C(C(=O)O)=C(/C=C/c4cc(-c5ccc(O)c(O)c5)no4)CS[C@H]23)cs1. The third kappa shape index (κ3) is 4.77. The van der Waals surface area contributed by atoms with E-state index in [0.29, 0.717) is 16.8 Å². The first-order chi connectivity index (χ1) is 18.7. The molecule has 1 saturated heterocycles. The number of nitrogen functional groups attached to an aromatic ring is 1. The lowest BCUT2D eigenvalue weighted by Gasteiger charge is -2.49. The van der Waals surface area contributed by atoms with Gasteiger partial charge in [-0.05, 0) is 29.8 Å². The van der Waals surface area contributed by atoms with Crippen molar-refractivity contribution in [3.63, 3.8) is 0 Å². The van der Waals surface area contributed by atoms with Crippen molar-refractivity contribution in [2.45, 2.75) is 11.4 Å². The quantitative estimate of drug-likeness (QED) is 0.0780. The van der Waals surface area contributed by atoms with Crippen molar-refractivity contribution in [1.82, 2.24) is 20.4 Å². The Balaban J connectivity index is 1.32. The van der Waals surface area contributed by atoms with E-state index in [1.165, 1.54) is 47.5 Å². The van der Waals surface area contributed by atoms with Crippen LogP contribution in [-0.4, -0.2) is 76.2 Å². The maximum Gasteiger partial charge on any atom is 0.352 e. The topological polar surface area (TPSA) is 225 Å². The van der Waals surface area contributed by atoms with Gasteiger partial charge in [0, 0.05) is 22.8 Å². The summed E-state index contributed by atoms with van der Waals surface area (Å²) in [5.74, 6) is -2.96. The van der Waals surface area contributed by atoms with Crippen molar-refractivity contribution in [3.8, 4) is 22.8 Å². The number of allylic oxidation sites excluding steroid dienone is 1. The van der Waals surface area contributed by atoms with Crippen LogP contribution in [0.5, 0.6) is 11.5 Å². The number of carboxylic acids is 1. The average Bonchev–Trinajstić information content (AvgIpc) is 3.56. The molecular formula is C23H18N6O8S2. The second kappa shape index (κ2) is 10.1. The number of oxime groups is 1. The highest BCUT2D eigenvalue weighted by atomic mass is 32.2. The summed E-state index contributed by atoms with van der Waals surface area (Å²) in [5, 5.41) is 48.5. The number of benzene rings is 1. The molecule has 3 aromatic rings. The van der Waals surface area contributed by atoms with Gasteiger partial charge in [0.2, 0.25) is 0 Å². The largest absolute Gasteiger partial charge is 0.504 e. The van der Waals surface area contributed by atoms with Gasteiger partial charge in [-0.15, -0.1) is 23.1 Å². The van der Waals surface area contributed by atoms with Crippen molar-refractivity contribution in [1.29, 1.82) is 0 Å². The predicted octanol–water partition coefficient (Wildman–Crippen LogP) is 1.42. The van der Waals surface area contributed by atoms with Crippen molar-refractivity contribution in [2.75, 3.05) is 11.5 Å². The number of aromatic nitrogens is 2. The van der Waals surface area contributed by atoms with Crippen molar-refractivity contribution in [2.24, 2.45) is 5.16 Å². The number of amides is 2. The number of thioether (sulfide) groups is 1. The van der Waals surface area contributed by atoms with Crippen LogP contribution in [0.25, 0.3) is 17.3 Å². The van der Waals surface area contributed by atoms with Crippen molar-refractivity contribution < 1.29 is 39.4 Å². The molecule has 1 aromatic carbocycles. The zero-order valence-electron chi connectivity index (χ0n) is 19.5. The number of nitrogens with two attached hydrogens (primary N) is 1. The molecule has 2 atom stereocenters. The molecule has 0 saturated carbocycles. The molecule has 2 aliphatic heterocycles. The Morgan fingerprint density at radius 3 is 2.69 bits per heavy atom. The lowest BCUT2D eigenvalue weighted by atomic mass is 10.0. The van der Waals surface area contributed by atoms with Gasteiger partial charge < -0.3 is 36.1 Å². The highest BCUT2D eigenvalue weighted by Crippen LogP contribution is 2.41. The van der Waals surface area contributed by atoms with E-state index in [4.69, 9.17) is 10.3 Å². The van der Waals surface area contributed by atoms with Crippen LogP contribution in [0.4, 0.5) is 5.13 Å². The molecule has 16 heteroatoms. The summed E-state index contributed by atoms with van der Waals surface area (Å²) in [7, 11) is 0. The van der Waals surface area contributed by atoms with Gasteiger partial charge >= 0.3 is 5.97 Å². The van der Waals surface area contributed by atoms with Gasteiger partial charge in [0.25, 0.3) is 11.8 Å². The summed E-state index contributed by atoms with van der Waals surface area (Å²) in [6.45, 7) is 0. The molecule has 0 unspecified atom stereocenters. The number of β-lactam (4-membered cyclic amide) rings is 1. The zero-order chi connectivity index (χ0) is 27.8. The normalized spacial score (nSPS) is 19.2. The van der Waals surface area contributed by atoms with Crippen LogP contribution < -0.4 is 11.1 Å². The lowest BCUT2D eigenvalue weighted by Crippen LogP contribution is -2.71. The van der Waals surface area contributed by atoms with Crippen LogP contribution in [-0.2, 0) is 14.4 Å². The molecule has 14 nitrogen and oxygen atoms in total. The van der Waals surface area contributed by atoms with E-state index in [1.807, 2.05) is 0 Å². The molecule has 2 aromatic heterocycles. The monoisotopic (exact) mass is 570 g/mol. The number of fused-ring (bicyclic) bond motifs is 1. The number of anilines is 1. The van der Waals surface area contributed by atoms with Gasteiger partial charge in [-0.1, -0.05) is 16.4 Å². The number of hydrogen-bond acceptors (Lipinski definition) is 13. The van der Waals surface area contributed by atoms with Gasteiger partial charge in [0.15, 0.2) is 28.1 Å². The van der Waals surface area contributed by atoms with Crippen molar-refractivity contribution >= 4 is 57.8 Å². The molecule has 2 amide bonds. The Labute approximate surface area is 226 Å². The predicted molar refractivity (Wildman–Crippen MR) is 139 cm³/mol. The van der Waals surface area contributed by atoms with Gasteiger partial charge in [0.1, 0.15) is 28.5 Å². The molecule has 2 aliphatic rings. The summed E-state index contributed by atoms with van der Waals surface area (Å²) in [4.78, 5) is 42.6. The number of aliphatic carboxylic acids is 1. The number of nitrogens with zero attached hydrogens (tertiary/aromatic N) is 4. The number of carbonyl (C=O) groups is 3. The number of phenolic OH excluding ortho intramolecular Hbond substituents is 2. The molecule has 4 heterocycles. The molecule has 0 bridgehead atoms. The van der Waals surface area contributed by atoms with Gasteiger partial charge in [0.05, 0.1) is 0 Å². The molecule has 7 N–H and O–H groups in total. The summed E-state index contributed by atoms with van der Waals surface area (Å²) in [5.41, 5.74) is 6.12. The Morgan fingerprint density at radius 1 is 1.23 bits per heavy atom. The minimum Gasteiger partial charge on any atom is -0.504 e. The number of carboxylic acid groups (broad SMARTS) is 1. The number of phenols is 2. The first kappa shape index (κ1) is 25.8. The molecule has 5 rings (SSSR count). The summed E-state index contributed by atoms with van der Waals surface area (Å²) >= 11 is 2.28. The van der Waals surface area contributed by atoms with E-state index in [1.54, 1.807) is 6.07 Å². The van der Waals surface area contributed by atoms with E-state index in [-0.39, 0.29) is 39.5 Å². The number of carbonyl (C=O) groups excluding carboxylic acids is 2. The lowest BCUT2D eigenvalue weighted by molar-refractivity contribution is -0.150. The number of hydrogen-bond donors (Lipinski definition) is 6. The highest BCUT2D eigenvalue weighted by Gasteiger charge is 2.54. The summed E-state index contributed by atoms with van der Waals surface area (Å²) in [6, 6.07) is 4.67. The van der Waals surface area contributed by atoms with Gasteiger partial charge in [-0.2, -0.15) is 0 Å². The van der Waals surface area contributed by atoms with Crippen molar-refractivity contribution in [3.05, 3.63) is 58.4 Å². The number of nitrogens with one attached hydrogen (secondary N) is 1. The van der Waals surface area contributed by atoms with Crippen LogP contribution in [0.1, 0.15) is 11.5 Å². The standard InChI is InChI=1S/C23H18N6O8S2/c24-23-25-13(8-39-23)16(27-36)19(32)26-17-20(33)29-18(22(34)35)10(7-38-21(17)29)1-3-11-6-12(28-37-11)9-2-4-14(30)15(31)5-9/h1-6,8,17,21,30-31,36H,7H2,(H2,24,25)(H,26,32)(H,34,35)/b3-1+,27-16-/t17-,21-/m1/s1. The van der Waals surface area contributed by atoms with Crippen LogP contribution in [0.15, 0.2) is 56.7 Å². The molecule has 1 fully saturated rings. The minimum atomic E-state index is -1.33. The van der Waals surface area contributed by atoms with E-state index in [0.717, 1.165) is 16.2 Å². The second-order valence-corrected chi connectivity index (χ2v) is 10.2. The summed E-state index contributed by atoms with van der Waals surface area (Å²) < 4.78 is 5.26. The van der Waals surface area contributed by atoms with Crippen LogP contribution in [0.2, 0.25) is 0 Å². The Bertz CT molecular complexity index is 1590. The van der Waals surface area contributed by atoms with Crippen LogP contribution in [0, 0.1) is 0 Å². The Kier molecular flexibility index (Phi) is 6.71. The average molecular weight is 571 g/mol. The third-order valence-corrected chi connectivity index (χ3v) is 7.79. The zero-order valence-corrected chi connectivity index (χ0v) is 21.1.